The SMILES string of the molecule is CO[C@@H](C)c1c(NC(=O)Nc2cnc(-n3ncc([C@H](C)O)n3)c(Cl)c2)cnc(C)c1C#N. The summed E-state index contributed by atoms with van der Waals surface area (Å²) in [4.78, 5) is 22.1. The number of nitrogens with zero attached hydrogens (tertiary/aromatic N) is 6. The maximum atomic E-state index is 12.6. The van der Waals surface area contributed by atoms with Crippen molar-refractivity contribution in [1.82, 2.24) is 25.0 Å². The number of nitrogens with one attached hydrogen (secondary N) is 2. The smallest absolute Gasteiger partial charge is 0.323 e. The Bertz CT molecular complexity index is 1190. The van der Waals surface area contributed by atoms with E-state index in [2.05, 4.69) is 36.9 Å². The molecule has 0 fully saturated rings. The predicted octanol–water partition coefficient (Wildman–Crippen LogP) is 3.30. The molecule has 0 saturated carbocycles. The van der Waals surface area contributed by atoms with E-state index in [4.69, 9.17) is 16.3 Å². The number of carbonyl (C=O) groups excluding carboxylic acids is 1. The van der Waals surface area contributed by atoms with Gasteiger partial charge in [-0.1, -0.05) is 11.6 Å². The monoisotopic (exact) mass is 456 g/mol. The third kappa shape index (κ3) is 4.83. The zero-order chi connectivity index (χ0) is 23.4. The van der Waals surface area contributed by atoms with Gasteiger partial charge in [0.2, 0.25) is 0 Å². The standard InChI is InChI=1S/C20H21ClN8O3/c1-10-14(6-22)18(12(3)32-4)17(8-23-10)27-20(31)26-13-5-15(21)19(24-7-13)29-25-9-16(28-29)11(2)30/h5,7-9,11-12,30H,1-4H3,(H2,26,27,31)/t11-,12-/m0/s1. The van der Waals surface area contributed by atoms with Crippen LogP contribution < -0.4 is 10.6 Å². The van der Waals surface area contributed by atoms with Gasteiger partial charge in [-0.25, -0.2) is 9.78 Å². The lowest BCUT2D eigenvalue weighted by Crippen LogP contribution is -2.22. The van der Waals surface area contributed by atoms with Gasteiger partial charge in [-0.3, -0.25) is 4.98 Å². The minimum atomic E-state index is -0.782. The van der Waals surface area contributed by atoms with Crippen LogP contribution in [0.5, 0.6) is 0 Å². The number of aryl methyl sites for hydroxylation is 1. The number of pyridine rings is 2. The van der Waals surface area contributed by atoms with E-state index >= 15 is 0 Å². The summed E-state index contributed by atoms with van der Waals surface area (Å²) in [6, 6.07) is 3.02. The lowest BCUT2D eigenvalue weighted by atomic mass is 10.0. The number of rotatable bonds is 6. The molecule has 166 valence electrons. The molecule has 0 radical (unpaired) electrons. The Morgan fingerprint density at radius 1 is 1.28 bits per heavy atom. The Labute approximate surface area is 189 Å². The van der Waals surface area contributed by atoms with E-state index in [0.29, 0.717) is 33.9 Å². The molecule has 0 saturated heterocycles. The van der Waals surface area contributed by atoms with E-state index in [1.54, 1.807) is 20.8 Å². The van der Waals surface area contributed by atoms with Crippen molar-refractivity contribution in [3.63, 3.8) is 0 Å². The maximum Gasteiger partial charge on any atom is 0.323 e. The number of methoxy groups -OCH3 is 1. The highest BCUT2D eigenvalue weighted by Gasteiger charge is 2.20. The molecule has 32 heavy (non-hydrogen) atoms. The number of urea groups is 1. The summed E-state index contributed by atoms with van der Waals surface area (Å²) in [5.74, 6) is 0.238. The van der Waals surface area contributed by atoms with Crippen molar-refractivity contribution in [1.29, 1.82) is 5.26 Å². The molecule has 2 amide bonds. The number of aliphatic hydroxyl groups excluding tert-OH is 1. The molecule has 0 unspecified atom stereocenters. The van der Waals surface area contributed by atoms with Crippen molar-refractivity contribution in [3.8, 4) is 11.9 Å². The average Bonchev–Trinajstić information content (AvgIpc) is 3.24. The number of amides is 2. The molecule has 0 aliphatic rings. The summed E-state index contributed by atoms with van der Waals surface area (Å²) in [6.07, 6.45) is 3.05. The minimum Gasteiger partial charge on any atom is -0.387 e. The third-order valence-corrected chi connectivity index (χ3v) is 4.91. The van der Waals surface area contributed by atoms with Gasteiger partial charge in [0.15, 0.2) is 5.82 Å². The number of carbonyl (C=O) groups is 1. The molecule has 0 aromatic carbocycles. The van der Waals surface area contributed by atoms with Crippen LogP contribution in [0.1, 0.15) is 48.6 Å². The van der Waals surface area contributed by atoms with Crippen LogP contribution in [0.2, 0.25) is 5.02 Å². The van der Waals surface area contributed by atoms with Crippen molar-refractivity contribution in [2.24, 2.45) is 0 Å². The molecule has 12 heteroatoms. The summed E-state index contributed by atoms with van der Waals surface area (Å²) >= 11 is 6.28. The first-order chi connectivity index (χ1) is 15.2. The number of aromatic nitrogens is 5. The number of nitriles is 1. The summed E-state index contributed by atoms with van der Waals surface area (Å²) < 4.78 is 5.35. The lowest BCUT2D eigenvalue weighted by molar-refractivity contribution is 0.120. The van der Waals surface area contributed by atoms with E-state index in [9.17, 15) is 15.2 Å². The zero-order valence-electron chi connectivity index (χ0n) is 17.8. The molecule has 3 rings (SSSR count). The zero-order valence-corrected chi connectivity index (χ0v) is 18.5. The highest BCUT2D eigenvalue weighted by atomic mass is 35.5. The molecule has 3 heterocycles. The van der Waals surface area contributed by atoms with Crippen LogP contribution in [-0.4, -0.2) is 43.2 Å². The quantitative estimate of drug-likeness (QED) is 0.511. The molecule has 3 aromatic rings. The lowest BCUT2D eigenvalue weighted by Gasteiger charge is -2.18. The number of hydrogen-bond acceptors (Lipinski definition) is 8. The van der Waals surface area contributed by atoms with Crippen molar-refractivity contribution in [2.45, 2.75) is 33.0 Å². The fourth-order valence-electron chi connectivity index (χ4n) is 2.91. The van der Waals surface area contributed by atoms with E-state index in [1.807, 2.05) is 0 Å². The number of aliphatic hydroxyl groups is 1. The average molecular weight is 457 g/mol. The third-order valence-electron chi connectivity index (χ3n) is 4.64. The molecule has 3 aromatic heterocycles. The van der Waals surface area contributed by atoms with Crippen LogP contribution in [0.3, 0.4) is 0 Å². The van der Waals surface area contributed by atoms with Crippen molar-refractivity contribution >= 4 is 29.0 Å². The van der Waals surface area contributed by atoms with Crippen molar-refractivity contribution < 1.29 is 14.6 Å². The highest BCUT2D eigenvalue weighted by Crippen LogP contribution is 2.30. The van der Waals surface area contributed by atoms with E-state index in [-0.39, 0.29) is 10.8 Å². The van der Waals surface area contributed by atoms with Crippen molar-refractivity contribution in [2.75, 3.05) is 17.7 Å². The topological polar surface area (TPSA) is 151 Å². The molecule has 3 N–H and O–H groups in total. The van der Waals surface area contributed by atoms with E-state index in [0.717, 1.165) is 0 Å². The van der Waals surface area contributed by atoms with Gasteiger partial charge in [0, 0.05) is 12.7 Å². The molecule has 11 nitrogen and oxygen atoms in total. The number of ether oxygens (including phenoxy) is 1. The summed E-state index contributed by atoms with van der Waals surface area (Å²) in [7, 11) is 1.51. The molecule has 0 aliphatic heterocycles. The fourth-order valence-corrected chi connectivity index (χ4v) is 3.15. The van der Waals surface area contributed by atoms with Crippen LogP contribution in [0.4, 0.5) is 16.2 Å². The Kier molecular flexibility index (Phi) is 6.99. The fraction of sp³-hybridized carbons (Fsp3) is 0.300. The Morgan fingerprint density at radius 2 is 2.03 bits per heavy atom. The first kappa shape index (κ1) is 23.1. The van der Waals surface area contributed by atoms with Crippen LogP contribution in [0.15, 0.2) is 24.7 Å². The normalized spacial score (nSPS) is 12.7. The van der Waals surface area contributed by atoms with Gasteiger partial charge in [0.05, 0.1) is 58.5 Å². The maximum absolute atomic E-state index is 12.6. The van der Waals surface area contributed by atoms with Crippen LogP contribution in [0, 0.1) is 18.3 Å². The summed E-state index contributed by atoms with van der Waals surface area (Å²) in [6.45, 7) is 5.05. The first-order valence-corrected chi connectivity index (χ1v) is 9.89. The van der Waals surface area contributed by atoms with Crippen molar-refractivity contribution in [3.05, 3.63) is 52.2 Å². The van der Waals surface area contributed by atoms with Gasteiger partial charge >= 0.3 is 6.03 Å². The van der Waals surface area contributed by atoms with Crippen LogP contribution in [0.25, 0.3) is 5.82 Å². The summed E-state index contributed by atoms with van der Waals surface area (Å²) in [5, 5.41) is 32.7. The molecule has 0 spiro atoms. The number of anilines is 2. The molecular formula is C20H21ClN8O3. The van der Waals surface area contributed by atoms with Gasteiger partial charge in [-0.15, -0.1) is 9.90 Å². The first-order valence-electron chi connectivity index (χ1n) is 9.51. The second-order valence-electron chi connectivity index (χ2n) is 6.88. The van der Waals surface area contributed by atoms with Crippen LogP contribution >= 0.6 is 11.6 Å². The van der Waals surface area contributed by atoms with Gasteiger partial charge in [-0.05, 0) is 26.8 Å². The van der Waals surface area contributed by atoms with E-state index in [1.165, 1.54) is 36.6 Å². The van der Waals surface area contributed by atoms with Gasteiger partial charge in [-0.2, -0.15) is 10.4 Å². The highest BCUT2D eigenvalue weighted by molar-refractivity contribution is 6.32. The molecular weight excluding hydrogens is 436 g/mol. The minimum absolute atomic E-state index is 0.188. The summed E-state index contributed by atoms with van der Waals surface area (Å²) in [5.41, 5.74) is 2.45. The predicted molar refractivity (Wildman–Crippen MR) is 117 cm³/mol. The Hall–Kier alpha value is -3.59. The van der Waals surface area contributed by atoms with Crippen LogP contribution in [-0.2, 0) is 4.74 Å². The number of hydrogen-bond donors (Lipinski definition) is 3. The van der Waals surface area contributed by atoms with Gasteiger partial charge in [0.25, 0.3) is 0 Å². The van der Waals surface area contributed by atoms with E-state index < -0.39 is 18.2 Å². The largest absolute Gasteiger partial charge is 0.387 e. The van der Waals surface area contributed by atoms with Gasteiger partial charge in [0.1, 0.15) is 11.8 Å². The second-order valence-corrected chi connectivity index (χ2v) is 7.29. The second kappa shape index (κ2) is 9.69. The molecule has 0 aliphatic carbocycles. The molecule has 0 bridgehead atoms. The Morgan fingerprint density at radius 3 is 2.62 bits per heavy atom. The Balaban J connectivity index is 1.80. The number of halogens is 1. The van der Waals surface area contributed by atoms with Gasteiger partial charge < -0.3 is 20.5 Å². The molecule has 2 atom stereocenters.